The van der Waals surface area contributed by atoms with E-state index in [2.05, 4.69) is 4.90 Å². The van der Waals surface area contributed by atoms with Crippen LogP contribution in [0.1, 0.15) is 48.8 Å². The van der Waals surface area contributed by atoms with E-state index in [0.717, 1.165) is 38.8 Å². The van der Waals surface area contributed by atoms with E-state index in [1.54, 1.807) is 22.8 Å². The molecule has 4 rings (SSSR count). The maximum atomic E-state index is 14.2. The monoisotopic (exact) mass is 613 g/mol. The van der Waals surface area contributed by atoms with Crippen LogP contribution >= 0.6 is 0 Å². The van der Waals surface area contributed by atoms with Crippen LogP contribution in [0.4, 0.5) is 0 Å². The summed E-state index contributed by atoms with van der Waals surface area (Å²) in [5.74, 6) is 2.07. The number of methoxy groups -OCH3 is 6. The molecule has 0 N–H and O–H groups in total. The molecule has 1 aliphatic rings. The van der Waals surface area contributed by atoms with Gasteiger partial charge >= 0.3 is 5.97 Å². The van der Waals surface area contributed by atoms with Crippen molar-refractivity contribution >= 4 is 16.9 Å². The predicted molar refractivity (Wildman–Crippen MR) is 165 cm³/mol. The van der Waals surface area contributed by atoms with Crippen LogP contribution in [0.3, 0.4) is 0 Å². The fourth-order valence-electron chi connectivity index (χ4n) is 5.65. The van der Waals surface area contributed by atoms with Crippen LogP contribution < -0.4 is 34.0 Å². The lowest BCUT2D eigenvalue weighted by molar-refractivity contribution is 0.0129. The van der Waals surface area contributed by atoms with Crippen molar-refractivity contribution in [3.8, 4) is 34.5 Å². The molecule has 0 amide bonds. The molecule has 3 aromatic rings. The summed E-state index contributed by atoms with van der Waals surface area (Å²) in [6, 6.07) is 4.72. The van der Waals surface area contributed by atoms with Gasteiger partial charge in [-0.2, -0.15) is 0 Å². The third-order valence-corrected chi connectivity index (χ3v) is 7.78. The Bertz CT molecular complexity index is 1490. The zero-order valence-corrected chi connectivity index (χ0v) is 26.7. The average molecular weight is 614 g/mol. The van der Waals surface area contributed by atoms with Crippen LogP contribution in [0, 0.1) is 0 Å². The number of piperidine rings is 1. The quantitative estimate of drug-likeness (QED) is 0.244. The summed E-state index contributed by atoms with van der Waals surface area (Å²) in [5.41, 5.74) is 0.338. The topological polar surface area (TPSA) is 120 Å². The highest BCUT2D eigenvalue weighted by atomic mass is 16.6. The van der Waals surface area contributed by atoms with Gasteiger partial charge in [0.05, 0.1) is 60.2 Å². The normalized spacial score (nSPS) is 14.2. The van der Waals surface area contributed by atoms with Gasteiger partial charge in [0.25, 0.3) is 5.56 Å². The summed E-state index contributed by atoms with van der Waals surface area (Å²) in [5, 5.41) is 0.312. The zero-order valence-electron chi connectivity index (χ0n) is 26.7. The predicted octanol–water partition coefficient (Wildman–Crippen LogP) is 4.11. The number of aromatic nitrogens is 2. The Hall–Kier alpha value is -4.19. The summed E-state index contributed by atoms with van der Waals surface area (Å²) in [6.07, 6.45) is 3.90. The highest BCUT2D eigenvalue weighted by molar-refractivity contribution is 5.91. The van der Waals surface area contributed by atoms with Gasteiger partial charge in [0.2, 0.25) is 11.5 Å². The molecule has 0 spiro atoms. The van der Waals surface area contributed by atoms with Gasteiger partial charge < -0.3 is 33.2 Å². The molecule has 12 nitrogen and oxygen atoms in total. The number of ether oxygens (including phenoxy) is 7. The number of hydrogen-bond acceptors (Lipinski definition) is 11. The molecule has 1 atom stereocenters. The van der Waals surface area contributed by atoms with Crippen molar-refractivity contribution in [2.75, 3.05) is 62.3 Å². The molecule has 240 valence electrons. The summed E-state index contributed by atoms with van der Waals surface area (Å²) < 4.78 is 40.7. The van der Waals surface area contributed by atoms with Crippen LogP contribution in [0.25, 0.3) is 10.9 Å². The maximum absolute atomic E-state index is 14.2. The van der Waals surface area contributed by atoms with Crippen molar-refractivity contribution in [1.82, 2.24) is 14.5 Å². The minimum atomic E-state index is -0.658. The summed E-state index contributed by atoms with van der Waals surface area (Å²) in [6.45, 7) is 4.36. The van der Waals surface area contributed by atoms with Crippen molar-refractivity contribution in [1.29, 1.82) is 0 Å². The lowest BCUT2D eigenvalue weighted by Crippen LogP contribution is -2.42. The van der Waals surface area contributed by atoms with Crippen LogP contribution in [-0.4, -0.2) is 88.8 Å². The molecule has 0 saturated carbocycles. The minimum Gasteiger partial charge on any atom is -0.493 e. The molecular weight excluding hydrogens is 570 g/mol. The largest absolute Gasteiger partial charge is 0.493 e. The number of esters is 1. The highest BCUT2D eigenvalue weighted by Gasteiger charge is 2.27. The third-order valence-electron chi connectivity index (χ3n) is 7.78. The summed E-state index contributed by atoms with van der Waals surface area (Å²) >= 11 is 0. The molecule has 12 heteroatoms. The number of nitrogens with zero attached hydrogens (tertiary/aromatic N) is 3. The number of rotatable bonds is 14. The Morgan fingerprint density at radius 2 is 1.39 bits per heavy atom. The van der Waals surface area contributed by atoms with Gasteiger partial charge in [0.1, 0.15) is 17.4 Å². The van der Waals surface area contributed by atoms with E-state index in [4.69, 9.17) is 38.1 Å². The molecule has 44 heavy (non-hydrogen) atoms. The smallest absolute Gasteiger partial charge is 0.338 e. The molecule has 1 aromatic heterocycles. The first-order valence-corrected chi connectivity index (χ1v) is 14.8. The van der Waals surface area contributed by atoms with E-state index in [9.17, 15) is 9.59 Å². The lowest BCUT2D eigenvalue weighted by atomic mass is 10.1. The van der Waals surface area contributed by atoms with Gasteiger partial charge in [-0.25, -0.2) is 9.78 Å². The fraction of sp³-hybridized carbons (Fsp3) is 0.531. The van der Waals surface area contributed by atoms with Crippen LogP contribution in [0.15, 0.2) is 23.0 Å². The second-order valence-corrected chi connectivity index (χ2v) is 10.5. The second-order valence-electron chi connectivity index (χ2n) is 10.5. The minimum absolute atomic E-state index is 0.112. The molecule has 0 aliphatic carbocycles. The van der Waals surface area contributed by atoms with E-state index >= 15 is 0 Å². The summed E-state index contributed by atoms with van der Waals surface area (Å²) in [4.78, 5) is 34.9. The van der Waals surface area contributed by atoms with Crippen molar-refractivity contribution in [3.05, 3.63) is 39.9 Å². The van der Waals surface area contributed by atoms with Crippen molar-refractivity contribution < 1.29 is 38.0 Å². The van der Waals surface area contributed by atoms with Crippen molar-refractivity contribution in [2.45, 2.75) is 51.7 Å². The molecule has 2 heterocycles. The van der Waals surface area contributed by atoms with E-state index in [0.29, 0.717) is 64.2 Å². The fourth-order valence-corrected chi connectivity index (χ4v) is 5.65. The molecule has 1 saturated heterocycles. The van der Waals surface area contributed by atoms with Crippen LogP contribution in [-0.2, 0) is 17.7 Å². The Morgan fingerprint density at radius 1 is 0.795 bits per heavy atom. The number of aryl methyl sites for hydroxylation is 1. The number of fused-ring (bicyclic) bond motifs is 1. The Kier molecular flexibility index (Phi) is 11.2. The molecular formula is C32H43N3O9. The standard InChI is InChI=1S/C32H43N3O9/c1-8-12-26-33-27-22(17-25(40-4)29(42-6)30(27)43-7)31(36)35(26)19-21(18-34-13-10-9-11-14-34)44-32(37)20-15-23(38-2)28(41-5)24(16-20)39-3/h15-17,21H,8-14,18-19H2,1-7H3. The third kappa shape index (κ3) is 6.80. The van der Waals surface area contributed by atoms with Gasteiger partial charge in [-0.15, -0.1) is 0 Å². The lowest BCUT2D eigenvalue weighted by Gasteiger charge is -2.31. The van der Waals surface area contributed by atoms with E-state index in [1.807, 2.05) is 6.92 Å². The molecule has 1 fully saturated rings. The van der Waals surface area contributed by atoms with Gasteiger partial charge in [0.15, 0.2) is 23.0 Å². The first-order valence-electron chi connectivity index (χ1n) is 14.8. The maximum Gasteiger partial charge on any atom is 0.338 e. The van der Waals surface area contributed by atoms with Crippen LogP contribution in [0.5, 0.6) is 34.5 Å². The molecule has 1 unspecified atom stereocenters. The number of benzene rings is 2. The Morgan fingerprint density at radius 3 is 1.93 bits per heavy atom. The first-order chi connectivity index (χ1) is 21.3. The average Bonchev–Trinajstić information content (AvgIpc) is 3.05. The van der Waals surface area contributed by atoms with E-state index in [-0.39, 0.29) is 17.7 Å². The zero-order chi connectivity index (χ0) is 31.8. The van der Waals surface area contributed by atoms with Gasteiger partial charge in [-0.1, -0.05) is 13.3 Å². The summed E-state index contributed by atoms with van der Waals surface area (Å²) in [7, 11) is 8.98. The number of carbonyl (C=O) groups excluding carboxylic acids is 1. The second kappa shape index (κ2) is 15.0. The molecule has 2 aromatic carbocycles. The Labute approximate surface area is 257 Å². The van der Waals surface area contributed by atoms with Crippen molar-refractivity contribution in [3.63, 3.8) is 0 Å². The highest BCUT2D eigenvalue weighted by Crippen LogP contribution is 2.42. The number of likely N-dealkylation sites (tertiary alicyclic amines) is 1. The van der Waals surface area contributed by atoms with Gasteiger partial charge in [-0.05, 0) is 50.6 Å². The SMILES string of the molecule is CCCc1nc2c(OC)c(OC)c(OC)cc2c(=O)n1CC(CN1CCCCC1)OC(=O)c1cc(OC)c(OC)c(OC)c1. The Balaban J connectivity index is 1.79. The van der Waals surface area contributed by atoms with E-state index < -0.39 is 12.1 Å². The number of carbonyl (C=O) groups is 1. The van der Waals surface area contributed by atoms with Crippen molar-refractivity contribution in [2.24, 2.45) is 0 Å². The number of hydrogen-bond donors (Lipinski definition) is 0. The van der Waals surface area contributed by atoms with Crippen LogP contribution in [0.2, 0.25) is 0 Å². The molecule has 1 aliphatic heterocycles. The van der Waals surface area contributed by atoms with Gasteiger partial charge in [-0.3, -0.25) is 14.3 Å². The first kappa shape index (κ1) is 32.7. The van der Waals surface area contributed by atoms with E-state index in [1.165, 1.54) is 42.7 Å². The molecule has 0 radical (unpaired) electrons. The molecule has 0 bridgehead atoms. The van der Waals surface area contributed by atoms with Gasteiger partial charge in [0, 0.05) is 13.0 Å².